The van der Waals surface area contributed by atoms with Crippen LogP contribution in [0.5, 0.6) is 11.5 Å². The van der Waals surface area contributed by atoms with Crippen molar-refractivity contribution >= 4 is 11.8 Å². The van der Waals surface area contributed by atoms with Gasteiger partial charge in [0, 0.05) is 0 Å². The van der Waals surface area contributed by atoms with Crippen molar-refractivity contribution in [3.63, 3.8) is 0 Å². The summed E-state index contributed by atoms with van der Waals surface area (Å²) in [4.78, 5) is 24.2. The molecule has 1 aromatic rings. The molecule has 0 unspecified atom stereocenters. The van der Waals surface area contributed by atoms with Crippen molar-refractivity contribution in [3.05, 3.63) is 24.3 Å². The van der Waals surface area contributed by atoms with Crippen LogP contribution in [0.25, 0.3) is 0 Å². The number of nitrogens with one attached hydrogen (secondary N) is 1. The number of ether oxygens (including phenoxy) is 2. The van der Waals surface area contributed by atoms with E-state index in [1.54, 1.807) is 19.2 Å². The number of carbonyl (C=O) groups excluding carboxylic acids is 2. The molecule has 0 bridgehead atoms. The van der Waals surface area contributed by atoms with Gasteiger partial charge >= 0.3 is 0 Å². The summed E-state index contributed by atoms with van der Waals surface area (Å²) in [5.74, 6) is 1.03. The quantitative estimate of drug-likeness (QED) is 0.815. The predicted octanol–water partition coefficient (Wildman–Crippen LogP) is 0.0324. The monoisotopic (exact) mass is 264 g/mol. The largest absolute Gasteiger partial charge is 0.493 e. The third-order valence-electron chi connectivity index (χ3n) is 2.81. The first-order valence-electron chi connectivity index (χ1n) is 6.01. The lowest BCUT2D eigenvalue weighted by molar-refractivity contribution is -0.140. The van der Waals surface area contributed by atoms with Gasteiger partial charge in [-0.25, -0.2) is 0 Å². The molecule has 0 saturated carbocycles. The summed E-state index contributed by atoms with van der Waals surface area (Å²) in [6.45, 7) is 0.852. The first-order valence-corrected chi connectivity index (χ1v) is 6.01. The van der Waals surface area contributed by atoms with Crippen molar-refractivity contribution < 1.29 is 19.1 Å². The van der Waals surface area contributed by atoms with Gasteiger partial charge in [-0.2, -0.15) is 0 Å². The number of para-hydroxylation sites is 2. The van der Waals surface area contributed by atoms with Crippen molar-refractivity contribution in [3.8, 4) is 11.5 Å². The van der Waals surface area contributed by atoms with E-state index >= 15 is 0 Å². The number of hydrogen-bond acceptors (Lipinski definition) is 4. The molecule has 0 atom stereocenters. The Balaban J connectivity index is 1.86. The Hall–Kier alpha value is -2.24. The summed E-state index contributed by atoms with van der Waals surface area (Å²) >= 11 is 0. The molecule has 0 spiro atoms. The van der Waals surface area contributed by atoms with E-state index in [9.17, 15) is 9.59 Å². The highest BCUT2D eigenvalue weighted by Gasteiger charge is 2.22. The van der Waals surface area contributed by atoms with Crippen LogP contribution in [0.1, 0.15) is 0 Å². The van der Waals surface area contributed by atoms with E-state index in [0.717, 1.165) is 0 Å². The Morgan fingerprint density at radius 2 is 2.00 bits per heavy atom. The van der Waals surface area contributed by atoms with E-state index in [0.29, 0.717) is 24.7 Å². The zero-order chi connectivity index (χ0) is 13.7. The first kappa shape index (κ1) is 13.2. The fourth-order valence-corrected chi connectivity index (χ4v) is 1.81. The number of piperazine rings is 1. The fourth-order valence-electron chi connectivity index (χ4n) is 1.81. The minimum Gasteiger partial charge on any atom is -0.493 e. The van der Waals surface area contributed by atoms with Gasteiger partial charge in [0.2, 0.25) is 11.8 Å². The summed E-state index contributed by atoms with van der Waals surface area (Å²) in [5.41, 5.74) is 0. The molecule has 102 valence electrons. The minimum absolute atomic E-state index is 0.0630. The lowest BCUT2D eigenvalue weighted by atomic mass is 10.3. The second kappa shape index (κ2) is 6.08. The second-order valence-electron chi connectivity index (χ2n) is 4.09. The number of carbonyl (C=O) groups is 2. The Bertz CT molecular complexity index is 475. The molecule has 6 heteroatoms. The zero-order valence-electron chi connectivity index (χ0n) is 10.7. The van der Waals surface area contributed by atoms with E-state index in [-0.39, 0.29) is 24.9 Å². The molecular formula is C13H16N2O4. The Morgan fingerprint density at radius 3 is 2.74 bits per heavy atom. The lowest BCUT2D eigenvalue weighted by Gasteiger charge is -2.26. The van der Waals surface area contributed by atoms with Crippen LogP contribution in [-0.2, 0) is 9.59 Å². The molecule has 1 aromatic carbocycles. The van der Waals surface area contributed by atoms with Crippen LogP contribution in [0, 0.1) is 0 Å². The first-order chi connectivity index (χ1) is 9.20. The fraction of sp³-hybridized carbons (Fsp3) is 0.385. The Labute approximate surface area is 111 Å². The standard InChI is InChI=1S/C13H16N2O4/c1-18-10-4-2-3-5-11(10)19-7-6-15-9-12(16)14-8-13(15)17/h2-5H,6-9H2,1H3,(H,14,16). The van der Waals surface area contributed by atoms with Crippen molar-refractivity contribution in [1.82, 2.24) is 10.2 Å². The summed E-state index contributed by atoms with van der Waals surface area (Å²) < 4.78 is 10.7. The molecule has 1 heterocycles. The number of nitrogens with zero attached hydrogens (tertiary/aromatic N) is 1. The number of methoxy groups -OCH3 is 1. The van der Waals surface area contributed by atoms with Crippen molar-refractivity contribution in [2.75, 3.05) is 33.4 Å². The topological polar surface area (TPSA) is 67.9 Å². The smallest absolute Gasteiger partial charge is 0.242 e. The maximum atomic E-state index is 11.5. The van der Waals surface area contributed by atoms with Gasteiger partial charge in [-0.3, -0.25) is 9.59 Å². The maximum absolute atomic E-state index is 11.5. The number of amides is 2. The molecule has 6 nitrogen and oxygen atoms in total. The molecule has 1 N–H and O–H groups in total. The molecule has 2 rings (SSSR count). The molecule has 1 aliphatic rings. The van der Waals surface area contributed by atoms with Crippen LogP contribution in [0.3, 0.4) is 0 Å². The van der Waals surface area contributed by atoms with Gasteiger partial charge in [-0.05, 0) is 12.1 Å². The third-order valence-corrected chi connectivity index (χ3v) is 2.81. The summed E-state index contributed by atoms with van der Waals surface area (Å²) in [6, 6.07) is 7.29. The molecule has 1 fully saturated rings. The van der Waals surface area contributed by atoms with Gasteiger partial charge in [0.25, 0.3) is 0 Å². The third kappa shape index (κ3) is 3.37. The van der Waals surface area contributed by atoms with Gasteiger partial charge < -0.3 is 19.7 Å². The van der Waals surface area contributed by atoms with E-state index in [4.69, 9.17) is 9.47 Å². The van der Waals surface area contributed by atoms with Crippen LogP contribution in [-0.4, -0.2) is 50.1 Å². The van der Waals surface area contributed by atoms with Crippen LogP contribution in [0.4, 0.5) is 0 Å². The van der Waals surface area contributed by atoms with Gasteiger partial charge in [-0.15, -0.1) is 0 Å². The van der Waals surface area contributed by atoms with Crippen molar-refractivity contribution in [2.45, 2.75) is 0 Å². The van der Waals surface area contributed by atoms with Crippen LogP contribution in [0.2, 0.25) is 0 Å². The number of benzene rings is 1. The van der Waals surface area contributed by atoms with E-state index < -0.39 is 0 Å². The van der Waals surface area contributed by atoms with Gasteiger partial charge in [0.15, 0.2) is 11.5 Å². The summed E-state index contributed by atoms with van der Waals surface area (Å²) in [7, 11) is 1.57. The van der Waals surface area contributed by atoms with Gasteiger partial charge in [0.05, 0.1) is 26.7 Å². The molecular weight excluding hydrogens is 248 g/mol. The van der Waals surface area contributed by atoms with E-state index in [2.05, 4.69) is 5.32 Å². The van der Waals surface area contributed by atoms with E-state index in [1.807, 2.05) is 12.1 Å². The van der Waals surface area contributed by atoms with Gasteiger partial charge in [-0.1, -0.05) is 12.1 Å². The van der Waals surface area contributed by atoms with Crippen molar-refractivity contribution in [2.24, 2.45) is 0 Å². The van der Waals surface area contributed by atoms with Crippen LogP contribution < -0.4 is 14.8 Å². The van der Waals surface area contributed by atoms with Crippen LogP contribution in [0.15, 0.2) is 24.3 Å². The van der Waals surface area contributed by atoms with Gasteiger partial charge in [0.1, 0.15) is 6.61 Å². The Kier molecular flexibility index (Phi) is 4.22. The zero-order valence-corrected chi connectivity index (χ0v) is 10.7. The minimum atomic E-state index is -0.142. The molecule has 1 aliphatic heterocycles. The predicted molar refractivity (Wildman–Crippen MR) is 68.1 cm³/mol. The molecule has 1 saturated heterocycles. The van der Waals surface area contributed by atoms with Crippen molar-refractivity contribution in [1.29, 1.82) is 0 Å². The molecule has 0 aromatic heterocycles. The lowest BCUT2D eigenvalue weighted by Crippen LogP contribution is -2.52. The highest BCUT2D eigenvalue weighted by atomic mass is 16.5. The summed E-state index contributed by atoms with van der Waals surface area (Å²) in [5, 5.41) is 2.50. The molecule has 0 radical (unpaired) electrons. The maximum Gasteiger partial charge on any atom is 0.242 e. The average Bonchev–Trinajstić information content (AvgIpc) is 2.43. The molecule has 19 heavy (non-hydrogen) atoms. The molecule has 2 amide bonds. The SMILES string of the molecule is COc1ccccc1OCCN1CC(=O)NCC1=O. The number of hydrogen-bond donors (Lipinski definition) is 1. The number of rotatable bonds is 5. The highest BCUT2D eigenvalue weighted by molar-refractivity contribution is 5.92. The highest BCUT2D eigenvalue weighted by Crippen LogP contribution is 2.25. The normalized spacial score (nSPS) is 15.1. The summed E-state index contributed by atoms with van der Waals surface area (Å²) in [6.07, 6.45) is 0. The Morgan fingerprint density at radius 1 is 1.26 bits per heavy atom. The average molecular weight is 264 g/mol. The van der Waals surface area contributed by atoms with Crippen LogP contribution >= 0.6 is 0 Å². The van der Waals surface area contributed by atoms with E-state index in [1.165, 1.54) is 4.90 Å². The second-order valence-corrected chi connectivity index (χ2v) is 4.09. The molecule has 0 aliphatic carbocycles.